The van der Waals surface area contributed by atoms with Gasteiger partial charge in [-0.05, 0) is 73.1 Å². The predicted molar refractivity (Wildman–Crippen MR) is 90.6 cm³/mol. The summed E-state index contributed by atoms with van der Waals surface area (Å²) >= 11 is 0. The summed E-state index contributed by atoms with van der Waals surface area (Å²) in [5.74, 6) is 2.60. The first kappa shape index (κ1) is 15.1. The summed E-state index contributed by atoms with van der Waals surface area (Å²) in [6, 6.07) is 7.88. The normalized spacial score (nSPS) is 30.1. The number of fused-ring (bicyclic) bond motifs is 1. The van der Waals surface area contributed by atoms with Gasteiger partial charge in [-0.1, -0.05) is 45.4 Å². The quantitative estimate of drug-likeness (QED) is 0.830. The fraction of sp³-hybridized carbons (Fsp3) is 0.700. The van der Waals surface area contributed by atoms with Crippen LogP contribution in [0.3, 0.4) is 0 Å². The Morgan fingerprint density at radius 3 is 2.67 bits per heavy atom. The summed E-state index contributed by atoms with van der Waals surface area (Å²) in [4.78, 5) is 0. The first-order valence-corrected chi connectivity index (χ1v) is 9.04. The molecule has 0 heterocycles. The topological polar surface area (TPSA) is 12.0 Å². The lowest BCUT2D eigenvalue weighted by Crippen LogP contribution is -2.33. The Balaban J connectivity index is 1.81. The van der Waals surface area contributed by atoms with Crippen molar-refractivity contribution in [2.75, 3.05) is 6.54 Å². The second-order valence-corrected chi connectivity index (χ2v) is 7.44. The molecule has 2 aliphatic rings. The highest BCUT2D eigenvalue weighted by atomic mass is 14.9. The highest BCUT2D eigenvalue weighted by Crippen LogP contribution is 2.40. The first-order chi connectivity index (χ1) is 10.2. The van der Waals surface area contributed by atoms with Crippen LogP contribution in [0, 0.1) is 17.8 Å². The molecular weight excluding hydrogens is 254 g/mol. The molecule has 0 aromatic heterocycles. The molecule has 1 fully saturated rings. The molecule has 2 aliphatic carbocycles. The summed E-state index contributed by atoms with van der Waals surface area (Å²) in [5, 5.41) is 3.80. The van der Waals surface area contributed by atoms with E-state index in [2.05, 4.69) is 44.3 Å². The van der Waals surface area contributed by atoms with Crippen molar-refractivity contribution < 1.29 is 0 Å². The Bertz CT molecular complexity index is 479. The Labute approximate surface area is 130 Å². The van der Waals surface area contributed by atoms with Gasteiger partial charge in [-0.15, -0.1) is 0 Å². The van der Waals surface area contributed by atoms with Crippen molar-refractivity contribution in [3.05, 3.63) is 34.9 Å². The minimum Gasteiger partial charge on any atom is -0.310 e. The van der Waals surface area contributed by atoms with E-state index in [1.54, 1.807) is 16.7 Å². The van der Waals surface area contributed by atoms with Gasteiger partial charge < -0.3 is 5.32 Å². The SMILES string of the molecule is CCNC(c1ccc2c(c1)CCC2)C1CCC(C)C(C)C1. The monoisotopic (exact) mass is 285 g/mol. The molecule has 0 radical (unpaired) electrons. The Hall–Kier alpha value is -0.820. The lowest BCUT2D eigenvalue weighted by Gasteiger charge is -2.37. The van der Waals surface area contributed by atoms with Crippen LogP contribution in [-0.2, 0) is 12.8 Å². The lowest BCUT2D eigenvalue weighted by molar-refractivity contribution is 0.172. The van der Waals surface area contributed by atoms with Crippen LogP contribution in [0.4, 0.5) is 0 Å². The fourth-order valence-corrected chi connectivity index (χ4v) is 4.45. The maximum absolute atomic E-state index is 3.80. The van der Waals surface area contributed by atoms with Crippen LogP contribution < -0.4 is 5.32 Å². The third kappa shape index (κ3) is 3.18. The van der Waals surface area contributed by atoms with Gasteiger partial charge in [0, 0.05) is 6.04 Å². The Kier molecular flexibility index (Phi) is 4.69. The predicted octanol–water partition coefficient (Wildman–Crippen LogP) is 4.90. The highest BCUT2D eigenvalue weighted by molar-refractivity contribution is 5.36. The zero-order valence-electron chi connectivity index (χ0n) is 14.0. The maximum Gasteiger partial charge on any atom is 0.0348 e. The Morgan fingerprint density at radius 1 is 1.10 bits per heavy atom. The van der Waals surface area contributed by atoms with Crippen LogP contribution in [0.2, 0.25) is 0 Å². The number of benzene rings is 1. The molecular formula is C20H31N. The zero-order valence-corrected chi connectivity index (χ0v) is 14.0. The van der Waals surface area contributed by atoms with Crippen molar-refractivity contribution in [3.63, 3.8) is 0 Å². The molecule has 0 spiro atoms. The van der Waals surface area contributed by atoms with Gasteiger partial charge in [0.2, 0.25) is 0 Å². The van der Waals surface area contributed by atoms with Gasteiger partial charge in [-0.2, -0.15) is 0 Å². The van der Waals surface area contributed by atoms with Crippen molar-refractivity contribution in [1.82, 2.24) is 5.32 Å². The van der Waals surface area contributed by atoms with Gasteiger partial charge in [0.1, 0.15) is 0 Å². The molecule has 4 atom stereocenters. The summed E-state index contributed by atoms with van der Waals surface area (Å²) in [5.41, 5.74) is 4.76. The molecule has 3 rings (SSSR count). The largest absolute Gasteiger partial charge is 0.310 e. The molecule has 1 heteroatoms. The second kappa shape index (κ2) is 6.52. The molecule has 1 nitrogen and oxygen atoms in total. The molecule has 0 bridgehead atoms. The minimum atomic E-state index is 0.566. The number of hydrogen-bond acceptors (Lipinski definition) is 1. The molecule has 1 saturated carbocycles. The van der Waals surface area contributed by atoms with E-state index in [4.69, 9.17) is 0 Å². The van der Waals surface area contributed by atoms with Crippen LogP contribution in [-0.4, -0.2) is 6.54 Å². The van der Waals surface area contributed by atoms with Gasteiger partial charge in [0.25, 0.3) is 0 Å². The van der Waals surface area contributed by atoms with E-state index < -0.39 is 0 Å². The van der Waals surface area contributed by atoms with E-state index in [9.17, 15) is 0 Å². The smallest absolute Gasteiger partial charge is 0.0348 e. The summed E-state index contributed by atoms with van der Waals surface area (Å²) in [6.45, 7) is 8.19. The van der Waals surface area contributed by atoms with E-state index in [0.29, 0.717) is 6.04 Å². The molecule has 0 aliphatic heterocycles. The van der Waals surface area contributed by atoms with E-state index in [1.165, 1.54) is 38.5 Å². The van der Waals surface area contributed by atoms with E-state index in [-0.39, 0.29) is 0 Å². The average Bonchev–Trinajstić information content (AvgIpc) is 2.95. The number of rotatable bonds is 4. The van der Waals surface area contributed by atoms with E-state index >= 15 is 0 Å². The average molecular weight is 285 g/mol. The molecule has 116 valence electrons. The summed E-state index contributed by atoms with van der Waals surface area (Å²) in [6.07, 6.45) is 8.11. The van der Waals surface area contributed by atoms with E-state index in [0.717, 1.165) is 24.3 Å². The van der Waals surface area contributed by atoms with Gasteiger partial charge in [0.15, 0.2) is 0 Å². The number of nitrogens with one attached hydrogen (secondary N) is 1. The molecule has 1 aromatic carbocycles. The van der Waals surface area contributed by atoms with Crippen LogP contribution >= 0.6 is 0 Å². The zero-order chi connectivity index (χ0) is 14.8. The van der Waals surface area contributed by atoms with Crippen molar-refractivity contribution in [2.24, 2.45) is 17.8 Å². The fourth-order valence-electron chi connectivity index (χ4n) is 4.45. The van der Waals surface area contributed by atoms with Crippen LogP contribution in [0.5, 0.6) is 0 Å². The maximum atomic E-state index is 3.80. The van der Waals surface area contributed by atoms with Crippen molar-refractivity contribution in [2.45, 2.75) is 65.3 Å². The second-order valence-electron chi connectivity index (χ2n) is 7.44. The minimum absolute atomic E-state index is 0.566. The van der Waals surface area contributed by atoms with Crippen molar-refractivity contribution in [3.8, 4) is 0 Å². The molecule has 21 heavy (non-hydrogen) atoms. The molecule has 4 unspecified atom stereocenters. The van der Waals surface area contributed by atoms with Gasteiger partial charge >= 0.3 is 0 Å². The third-order valence-electron chi connectivity index (χ3n) is 6.02. The van der Waals surface area contributed by atoms with Crippen molar-refractivity contribution >= 4 is 0 Å². The third-order valence-corrected chi connectivity index (χ3v) is 6.02. The van der Waals surface area contributed by atoms with Crippen LogP contribution in [0.25, 0.3) is 0 Å². The lowest BCUT2D eigenvalue weighted by atomic mass is 9.72. The van der Waals surface area contributed by atoms with Gasteiger partial charge in [-0.25, -0.2) is 0 Å². The summed E-state index contributed by atoms with van der Waals surface area (Å²) < 4.78 is 0. The molecule has 1 N–H and O–H groups in total. The molecule has 0 saturated heterocycles. The summed E-state index contributed by atoms with van der Waals surface area (Å²) in [7, 11) is 0. The number of aryl methyl sites for hydroxylation is 2. The van der Waals surface area contributed by atoms with Crippen LogP contribution in [0.15, 0.2) is 18.2 Å². The highest BCUT2D eigenvalue weighted by Gasteiger charge is 2.31. The molecule has 0 amide bonds. The number of hydrogen-bond donors (Lipinski definition) is 1. The standard InChI is InChI=1S/C20H31N/c1-4-21-20(18-9-8-14(2)15(3)12-18)19-11-10-16-6-5-7-17(16)13-19/h10-11,13-15,18,20-21H,4-9,12H2,1-3H3. The Morgan fingerprint density at radius 2 is 1.90 bits per heavy atom. The van der Waals surface area contributed by atoms with Gasteiger partial charge in [0.05, 0.1) is 0 Å². The van der Waals surface area contributed by atoms with E-state index in [1.807, 2.05) is 0 Å². The first-order valence-electron chi connectivity index (χ1n) is 9.04. The van der Waals surface area contributed by atoms with Crippen molar-refractivity contribution in [1.29, 1.82) is 0 Å². The van der Waals surface area contributed by atoms with Crippen LogP contribution in [0.1, 0.15) is 69.2 Å². The molecule has 1 aromatic rings. The van der Waals surface area contributed by atoms with Gasteiger partial charge in [-0.3, -0.25) is 0 Å².